The van der Waals surface area contributed by atoms with E-state index in [4.69, 9.17) is 33.2 Å². The van der Waals surface area contributed by atoms with Gasteiger partial charge < -0.3 is 0 Å². The zero-order valence-electron chi connectivity index (χ0n) is 7.31. The zero-order chi connectivity index (χ0) is 10.2. The second kappa shape index (κ2) is 8.24. The van der Waals surface area contributed by atoms with E-state index in [-0.39, 0.29) is 0 Å². The van der Waals surface area contributed by atoms with Crippen molar-refractivity contribution >= 4 is 51.0 Å². The molecular formula is C8H13Cl3SSi. The number of hydrogen-bond donors (Lipinski definition) is 0. The van der Waals surface area contributed by atoms with E-state index in [0.29, 0.717) is 0 Å². The quantitative estimate of drug-likeness (QED) is 0.277. The van der Waals surface area contributed by atoms with Crippen molar-refractivity contribution < 1.29 is 0 Å². The Kier molecular flexibility index (Phi) is 8.83. The Hall–Kier alpha value is 0.917. The summed E-state index contributed by atoms with van der Waals surface area (Å²) in [7, 11) is 0. The van der Waals surface area contributed by atoms with E-state index in [1.165, 1.54) is 0 Å². The molecule has 13 heavy (non-hydrogen) atoms. The number of allylic oxidation sites excluding steroid dienone is 1. The maximum absolute atomic E-state index is 5.72. The van der Waals surface area contributed by atoms with E-state index in [0.717, 1.165) is 24.6 Å². The second-order valence-corrected chi connectivity index (χ2v) is 12.8. The Balaban J connectivity index is 3.25. The summed E-state index contributed by atoms with van der Waals surface area (Å²) in [6.07, 6.45) is 6.21. The van der Waals surface area contributed by atoms with E-state index in [1.807, 2.05) is 5.41 Å². The minimum absolute atomic E-state index is 0.747. The van der Waals surface area contributed by atoms with Crippen LogP contribution in [-0.4, -0.2) is 11.8 Å². The molecule has 0 rings (SSSR count). The van der Waals surface area contributed by atoms with Crippen LogP contribution in [0.4, 0.5) is 0 Å². The summed E-state index contributed by atoms with van der Waals surface area (Å²) in [5.74, 6) is 0.981. The van der Waals surface area contributed by atoms with Crippen molar-refractivity contribution in [2.75, 3.05) is 5.75 Å². The molecule has 0 spiro atoms. The average Bonchev–Trinajstić information content (AvgIpc) is 2.01. The van der Waals surface area contributed by atoms with Crippen LogP contribution in [0.5, 0.6) is 0 Å². The molecule has 0 radical (unpaired) electrons. The van der Waals surface area contributed by atoms with E-state index in [1.54, 1.807) is 11.8 Å². The Bertz CT molecular complexity index is 165. The van der Waals surface area contributed by atoms with Crippen molar-refractivity contribution in [3.05, 3.63) is 24.1 Å². The highest BCUT2D eigenvalue weighted by Gasteiger charge is 2.23. The first-order chi connectivity index (χ1) is 6.06. The van der Waals surface area contributed by atoms with Crippen LogP contribution in [0.25, 0.3) is 0 Å². The lowest BCUT2D eigenvalue weighted by Crippen LogP contribution is -2.07. The van der Waals surface area contributed by atoms with Crippen molar-refractivity contribution in [1.82, 2.24) is 0 Å². The lowest BCUT2D eigenvalue weighted by Gasteiger charge is -2.04. The largest absolute Gasteiger partial charge is 0.341 e. The summed E-state index contributed by atoms with van der Waals surface area (Å²) in [6, 6.07) is -1.62. The van der Waals surface area contributed by atoms with Crippen molar-refractivity contribution in [1.29, 1.82) is 0 Å². The van der Waals surface area contributed by atoms with E-state index >= 15 is 0 Å². The second-order valence-electron chi connectivity index (χ2n) is 2.48. The molecule has 0 atom stereocenters. The SMILES string of the molecule is C=CSCC=CCCC[Si](Cl)(Cl)Cl. The number of unbranched alkanes of at least 4 members (excludes halogenated alkanes) is 1. The standard InChI is InChI=1S/C8H13Cl3SSi/c1-2-12-7-5-3-4-6-8-13(9,10)11/h2-3,5H,1,4,6-8H2. The number of rotatable bonds is 7. The van der Waals surface area contributed by atoms with Crippen LogP contribution in [0.15, 0.2) is 24.1 Å². The van der Waals surface area contributed by atoms with Crippen LogP contribution in [0.1, 0.15) is 12.8 Å². The van der Waals surface area contributed by atoms with Gasteiger partial charge >= 0.3 is 6.00 Å². The molecule has 0 bridgehead atoms. The zero-order valence-corrected chi connectivity index (χ0v) is 11.4. The van der Waals surface area contributed by atoms with E-state index < -0.39 is 6.00 Å². The van der Waals surface area contributed by atoms with Crippen LogP contribution in [0, 0.1) is 0 Å². The molecule has 0 fully saturated rings. The first-order valence-electron chi connectivity index (χ1n) is 4.00. The molecule has 0 amide bonds. The highest BCUT2D eigenvalue weighted by atomic mass is 35.8. The fourth-order valence-corrected chi connectivity index (χ4v) is 2.92. The van der Waals surface area contributed by atoms with Gasteiger partial charge in [-0.15, -0.1) is 45.0 Å². The summed E-state index contributed by atoms with van der Waals surface area (Å²) in [6.45, 7) is 3.61. The van der Waals surface area contributed by atoms with Crippen molar-refractivity contribution in [3.8, 4) is 0 Å². The predicted molar refractivity (Wildman–Crippen MR) is 69.1 cm³/mol. The van der Waals surface area contributed by atoms with Gasteiger partial charge in [-0.1, -0.05) is 18.7 Å². The third-order valence-electron chi connectivity index (χ3n) is 1.31. The molecule has 0 aromatic carbocycles. The molecule has 0 heterocycles. The third-order valence-corrected chi connectivity index (χ3v) is 4.55. The maximum atomic E-state index is 5.72. The van der Waals surface area contributed by atoms with Crippen LogP contribution < -0.4 is 0 Å². The lowest BCUT2D eigenvalue weighted by molar-refractivity contribution is 0.949. The lowest BCUT2D eigenvalue weighted by atomic mass is 10.3. The van der Waals surface area contributed by atoms with Crippen molar-refractivity contribution in [3.63, 3.8) is 0 Å². The van der Waals surface area contributed by atoms with Crippen LogP contribution in [-0.2, 0) is 0 Å². The van der Waals surface area contributed by atoms with Gasteiger partial charge in [0.15, 0.2) is 0 Å². The third kappa shape index (κ3) is 12.9. The Morgan fingerprint density at radius 2 is 1.92 bits per heavy atom. The molecule has 0 aromatic heterocycles. The minimum Gasteiger partial charge on any atom is -0.131 e. The Morgan fingerprint density at radius 1 is 1.23 bits per heavy atom. The topological polar surface area (TPSA) is 0 Å². The highest BCUT2D eigenvalue weighted by molar-refractivity contribution is 8.02. The fourth-order valence-electron chi connectivity index (χ4n) is 0.730. The first-order valence-corrected chi connectivity index (χ1v) is 10.3. The van der Waals surface area contributed by atoms with Gasteiger partial charge in [-0.2, -0.15) is 0 Å². The molecule has 0 saturated heterocycles. The molecular weight excluding hydrogens is 263 g/mol. The molecule has 76 valence electrons. The van der Waals surface area contributed by atoms with E-state index in [9.17, 15) is 0 Å². The highest BCUT2D eigenvalue weighted by Crippen LogP contribution is 2.27. The van der Waals surface area contributed by atoms with Gasteiger partial charge in [-0.3, -0.25) is 0 Å². The number of thioether (sulfide) groups is 1. The van der Waals surface area contributed by atoms with Gasteiger partial charge in [0.1, 0.15) is 0 Å². The first kappa shape index (κ1) is 13.9. The summed E-state index contributed by atoms with van der Waals surface area (Å²) in [5.41, 5.74) is 0. The van der Waals surface area contributed by atoms with Gasteiger partial charge in [-0.25, -0.2) is 0 Å². The van der Waals surface area contributed by atoms with Gasteiger partial charge in [-0.05, 0) is 24.3 Å². The summed E-state index contributed by atoms with van der Waals surface area (Å²) >= 11 is 18.9. The molecule has 0 aromatic rings. The predicted octanol–water partition coefficient (Wildman–Crippen LogP) is 4.85. The number of halogens is 3. The molecule has 0 nitrogen and oxygen atoms in total. The summed E-state index contributed by atoms with van der Waals surface area (Å²) < 4.78 is 0. The summed E-state index contributed by atoms with van der Waals surface area (Å²) in [4.78, 5) is 0. The molecule has 0 aliphatic carbocycles. The maximum Gasteiger partial charge on any atom is 0.341 e. The molecule has 0 aliphatic rings. The molecule has 0 unspecified atom stereocenters. The van der Waals surface area contributed by atoms with Crippen LogP contribution in [0.2, 0.25) is 6.04 Å². The molecule has 0 aliphatic heterocycles. The Labute approximate surface area is 99.4 Å². The molecule has 5 heteroatoms. The van der Waals surface area contributed by atoms with Crippen molar-refractivity contribution in [2.45, 2.75) is 18.9 Å². The monoisotopic (exact) mass is 274 g/mol. The fraction of sp³-hybridized carbons (Fsp3) is 0.500. The minimum atomic E-state index is -2.37. The van der Waals surface area contributed by atoms with Crippen LogP contribution in [0.3, 0.4) is 0 Å². The van der Waals surface area contributed by atoms with E-state index in [2.05, 4.69) is 18.7 Å². The normalized spacial score (nSPS) is 12.2. The average molecular weight is 276 g/mol. The molecule has 0 N–H and O–H groups in total. The van der Waals surface area contributed by atoms with Gasteiger partial charge in [0.25, 0.3) is 0 Å². The molecule has 0 saturated carbocycles. The van der Waals surface area contributed by atoms with Gasteiger partial charge in [0, 0.05) is 5.75 Å². The summed E-state index contributed by atoms with van der Waals surface area (Å²) in [5, 5.41) is 1.83. The van der Waals surface area contributed by atoms with Gasteiger partial charge in [0.2, 0.25) is 0 Å². The van der Waals surface area contributed by atoms with Crippen molar-refractivity contribution in [2.24, 2.45) is 0 Å². The Morgan fingerprint density at radius 3 is 2.46 bits per heavy atom. The van der Waals surface area contributed by atoms with Crippen LogP contribution >= 0.6 is 45.0 Å². The van der Waals surface area contributed by atoms with Gasteiger partial charge in [0.05, 0.1) is 0 Å². The smallest absolute Gasteiger partial charge is 0.131 e. The number of hydrogen-bond acceptors (Lipinski definition) is 1.